The molecule has 3 heterocycles. The Balaban J connectivity index is 1.51. The quantitative estimate of drug-likeness (QED) is 0.722. The summed E-state index contributed by atoms with van der Waals surface area (Å²) >= 11 is 0. The molecule has 10 heteroatoms. The number of rotatable bonds is 4. The Morgan fingerprint density at radius 1 is 1.25 bits per heavy atom. The van der Waals surface area contributed by atoms with E-state index >= 15 is 0 Å². The van der Waals surface area contributed by atoms with E-state index in [9.17, 15) is 19.2 Å². The van der Waals surface area contributed by atoms with Crippen molar-refractivity contribution in [3.8, 4) is 0 Å². The maximum absolute atomic E-state index is 13.2. The number of carbonyl (C=O) groups excluding carboxylic acids is 4. The fraction of sp³-hybridized carbons (Fsp3) is 0.409. The Bertz CT molecular complexity index is 1120. The molecule has 0 radical (unpaired) electrons. The molecular formula is C22H24N4O6. The van der Waals surface area contributed by atoms with Gasteiger partial charge in [0.25, 0.3) is 11.8 Å². The molecule has 2 aliphatic rings. The summed E-state index contributed by atoms with van der Waals surface area (Å²) in [5, 5.41) is 6.40. The molecule has 1 unspecified atom stereocenters. The Kier molecular flexibility index (Phi) is 5.03. The predicted octanol–water partition coefficient (Wildman–Crippen LogP) is 2.06. The number of amides is 3. The third-order valence-corrected chi connectivity index (χ3v) is 5.74. The van der Waals surface area contributed by atoms with Crippen LogP contribution in [0.2, 0.25) is 0 Å². The molecule has 1 fully saturated rings. The second-order valence-corrected chi connectivity index (χ2v) is 8.88. The fourth-order valence-corrected chi connectivity index (χ4v) is 4.00. The van der Waals surface area contributed by atoms with Gasteiger partial charge in [-0.05, 0) is 12.1 Å². The van der Waals surface area contributed by atoms with Crippen LogP contribution in [0.25, 0.3) is 0 Å². The SMILES string of the molecule is CN1C(=O)c2ccccc2N2C(=O)CCC12C(=O)OCC(=O)Nc1cc(C(C)(C)C)no1. The van der Waals surface area contributed by atoms with Gasteiger partial charge in [0.05, 0.1) is 16.9 Å². The highest BCUT2D eigenvalue weighted by molar-refractivity contribution is 6.15. The van der Waals surface area contributed by atoms with Gasteiger partial charge in [0, 0.05) is 31.4 Å². The minimum absolute atomic E-state index is 0.0694. The smallest absolute Gasteiger partial charge is 0.354 e. The van der Waals surface area contributed by atoms with Gasteiger partial charge in [-0.15, -0.1) is 0 Å². The van der Waals surface area contributed by atoms with Gasteiger partial charge in [-0.3, -0.25) is 24.6 Å². The second-order valence-electron chi connectivity index (χ2n) is 8.88. The molecule has 0 bridgehead atoms. The van der Waals surface area contributed by atoms with E-state index in [0.717, 1.165) is 0 Å². The van der Waals surface area contributed by atoms with Gasteiger partial charge >= 0.3 is 5.97 Å². The van der Waals surface area contributed by atoms with Crippen molar-refractivity contribution in [2.75, 3.05) is 23.9 Å². The molecule has 0 aliphatic carbocycles. The molecule has 168 valence electrons. The minimum atomic E-state index is -1.63. The van der Waals surface area contributed by atoms with E-state index in [1.807, 2.05) is 20.8 Å². The van der Waals surface area contributed by atoms with Crippen LogP contribution in [0.4, 0.5) is 11.6 Å². The molecule has 4 rings (SSSR count). The molecule has 3 amide bonds. The molecule has 2 aromatic rings. The van der Waals surface area contributed by atoms with Gasteiger partial charge in [0.2, 0.25) is 17.5 Å². The van der Waals surface area contributed by atoms with Crippen molar-refractivity contribution in [1.29, 1.82) is 0 Å². The summed E-state index contributed by atoms with van der Waals surface area (Å²) in [6.07, 6.45) is 0.140. The highest BCUT2D eigenvalue weighted by atomic mass is 16.5. The van der Waals surface area contributed by atoms with E-state index in [0.29, 0.717) is 16.9 Å². The number of likely N-dealkylation sites (N-methyl/N-ethyl adjacent to an activating group) is 1. The van der Waals surface area contributed by atoms with Crippen molar-refractivity contribution in [3.05, 3.63) is 41.6 Å². The number of hydrogen-bond donors (Lipinski definition) is 1. The molecule has 1 saturated heterocycles. The number of hydrogen-bond acceptors (Lipinski definition) is 7. The molecule has 1 atom stereocenters. The lowest BCUT2D eigenvalue weighted by Crippen LogP contribution is -2.67. The summed E-state index contributed by atoms with van der Waals surface area (Å²) in [4.78, 5) is 53.6. The van der Waals surface area contributed by atoms with Crippen LogP contribution in [0.3, 0.4) is 0 Å². The largest absolute Gasteiger partial charge is 0.452 e. The fourth-order valence-electron chi connectivity index (χ4n) is 4.00. The van der Waals surface area contributed by atoms with Gasteiger partial charge < -0.3 is 14.2 Å². The van der Waals surface area contributed by atoms with E-state index in [-0.39, 0.29) is 30.0 Å². The standard InChI is InChI=1S/C22H24N4O6/c1-21(2,3)15-11-17(32-24-15)23-16(27)12-31-20(30)22-10-9-18(28)26(22)14-8-6-5-7-13(14)19(29)25(22)4/h5-8,11H,9-10,12H2,1-4H3,(H,23,27). The van der Waals surface area contributed by atoms with Crippen LogP contribution in [0.5, 0.6) is 0 Å². The summed E-state index contributed by atoms with van der Waals surface area (Å²) in [6, 6.07) is 8.20. The summed E-state index contributed by atoms with van der Waals surface area (Å²) in [5.74, 6) is -2.05. The van der Waals surface area contributed by atoms with E-state index in [4.69, 9.17) is 9.26 Å². The van der Waals surface area contributed by atoms with E-state index in [1.165, 1.54) is 16.8 Å². The summed E-state index contributed by atoms with van der Waals surface area (Å²) < 4.78 is 10.4. The maximum atomic E-state index is 13.2. The number of fused-ring (bicyclic) bond motifs is 3. The average Bonchev–Trinajstić information content (AvgIpc) is 3.35. The maximum Gasteiger partial charge on any atom is 0.354 e. The monoisotopic (exact) mass is 440 g/mol. The summed E-state index contributed by atoms with van der Waals surface area (Å²) in [7, 11) is 1.45. The first-order valence-electron chi connectivity index (χ1n) is 10.2. The van der Waals surface area contributed by atoms with Crippen molar-refractivity contribution < 1.29 is 28.4 Å². The lowest BCUT2D eigenvalue weighted by atomic mass is 9.92. The van der Waals surface area contributed by atoms with E-state index in [1.54, 1.807) is 30.3 Å². The molecule has 32 heavy (non-hydrogen) atoms. The van der Waals surface area contributed by atoms with Crippen LogP contribution in [-0.2, 0) is 24.5 Å². The van der Waals surface area contributed by atoms with Crippen molar-refractivity contribution in [1.82, 2.24) is 10.1 Å². The normalized spacial score (nSPS) is 20.1. The molecule has 2 aliphatic heterocycles. The van der Waals surface area contributed by atoms with Gasteiger partial charge in [-0.2, -0.15) is 0 Å². The lowest BCUT2D eigenvalue weighted by molar-refractivity contribution is -0.158. The molecule has 1 N–H and O–H groups in total. The zero-order valence-electron chi connectivity index (χ0n) is 18.3. The molecule has 10 nitrogen and oxygen atoms in total. The number of esters is 1. The number of aromatic nitrogens is 1. The van der Waals surface area contributed by atoms with Gasteiger partial charge in [-0.25, -0.2) is 4.79 Å². The Morgan fingerprint density at radius 3 is 2.66 bits per heavy atom. The average molecular weight is 440 g/mol. The molecule has 1 aromatic carbocycles. The molecular weight excluding hydrogens is 416 g/mol. The van der Waals surface area contributed by atoms with Crippen LogP contribution < -0.4 is 10.2 Å². The second kappa shape index (κ2) is 7.47. The summed E-state index contributed by atoms with van der Waals surface area (Å²) in [6.45, 7) is 5.24. The first-order chi connectivity index (χ1) is 15.1. The highest BCUT2D eigenvalue weighted by Crippen LogP contribution is 2.44. The zero-order chi connectivity index (χ0) is 23.3. The summed E-state index contributed by atoms with van der Waals surface area (Å²) in [5.41, 5.74) is -0.550. The number of ether oxygens (including phenoxy) is 1. The van der Waals surface area contributed by atoms with Crippen LogP contribution in [-0.4, -0.2) is 53.1 Å². The molecule has 0 spiro atoms. The van der Waals surface area contributed by atoms with Crippen molar-refractivity contribution in [3.63, 3.8) is 0 Å². The minimum Gasteiger partial charge on any atom is -0.452 e. The van der Waals surface area contributed by atoms with E-state index in [2.05, 4.69) is 10.5 Å². The third-order valence-electron chi connectivity index (χ3n) is 5.74. The van der Waals surface area contributed by atoms with Crippen LogP contribution >= 0.6 is 0 Å². The van der Waals surface area contributed by atoms with Gasteiger partial charge in [-0.1, -0.05) is 38.1 Å². The number of para-hydroxylation sites is 1. The Hall–Kier alpha value is -3.69. The first kappa shape index (κ1) is 21.5. The van der Waals surface area contributed by atoms with Gasteiger partial charge in [0.1, 0.15) is 0 Å². The van der Waals surface area contributed by atoms with Crippen molar-refractivity contribution >= 4 is 35.3 Å². The topological polar surface area (TPSA) is 122 Å². The van der Waals surface area contributed by atoms with Gasteiger partial charge in [0.15, 0.2) is 6.61 Å². The molecule has 1 aromatic heterocycles. The first-order valence-corrected chi connectivity index (χ1v) is 10.2. The van der Waals surface area contributed by atoms with Crippen molar-refractivity contribution in [2.45, 2.75) is 44.7 Å². The van der Waals surface area contributed by atoms with Crippen LogP contribution in [0.1, 0.15) is 49.7 Å². The Labute approximate surface area is 184 Å². The Morgan fingerprint density at radius 2 is 1.97 bits per heavy atom. The van der Waals surface area contributed by atoms with Crippen LogP contribution in [0.15, 0.2) is 34.9 Å². The lowest BCUT2D eigenvalue weighted by Gasteiger charge is -2.46. The van der Waals surface area contributed by atoms with Crippen LogP contribution in [0, 0.1) is 0 Å². The highest BCUT2D eigenvalue weighted by Gasteiger charge is 2.60. The third kappa shape index (κ3) is 3.31. The molecule has 0 saturated carbocycles. The number of nitrogens with zero attached hydrogens (tertiary/aromatic N) is 3. The number of benzene rings is 1. The number of anilines is 2. The number of carbonyl (C=O) groups is 4. The zero-order valence-corrected chi connectivity index (χ0v) is 18.3. The van der Waals surface area contributed by atoms with E-state index < -0.39 is 30.1 Å². The number of nitrogens with one attached hydrogen (secondary N) is 1. The van der Waals surface area contributed by atoms with Crippen molar-refractivity contribution in [2.24, 2.45) is 0 Å². The predicted molar refractivity (Wildman–Crippen MR) is 113 cm³/mol.